The summed E-state index contributed by atoms with van der Waals surface area (Å²) in [6.07, 6.45) is 0.862. The second-order valence-electron chi connectivity index (χ2n) is 3.85. The molecular weight excluding hydrogens is 243 g/mol. The van der Waals surface area contributed by atoms with E-state index in [1.807, 2.05) is 13.8 Å². The van der Waals surface area contributed by atoms with Crippen molar-refractivity contribution in [3.05, 3.63) is 29.0 Å². The number of amides is 1. The zero-order valence-corrected chi connectivity index (χ0v) is 10.6. The van der Waals surface area contributed by atoms with Crippen molar-refractivity contribution < 1.29 is 9.18 Å². The molecule has 3 nitrogen and oxygen atoms in total. The van der Waals surface area contributed by atoms with Gasteiger partial charge in [-0.25, -0.2) is 4.39 Å². The highest BCUT2D eigenvalue weighted by Crippen LogP contribution is 2.18. The van der Waals surface area contributed by atoms with Gasteiger partial charge >= 0.3 is 0 Å². The van der Waals surface area contributed by atoms with Gasteiger partial charge in [0, 0.05) is 11.1 Å². The molecule has 0 bridgehead atoms. The Labute approximate surface area is 105 Å². The van der Waals surface area contributed by atoms with Crippen LogP contribution < -0.4 is 10.6 Å². The first-order chi connectivity index (χ1) is 8.02. The molecule has 1 aromatic carbocycles. The Morgan fingerprint density at radius 3 is 2.82 bits per heavy atom. The Bertz CT molecular complexity index is 398. The molecule has 17 heavy (non-hydrogen) atoms. The predicted molar refractivity (Wildman–Crippen MR) is 67.8 cm³/mol. The molecule has 1 unspecified atom stereocenters. The number of benzene rings is 1. The number of hydrogen-bond acceptors (Lipinski definition) is 2. The van der Waals surface area contributed by atoms with Crippen molar-refractivity contribution in [3.8, 4) is 0 Å². The number of anilines is 1. The molecule has 0 radical (unpaired) electrons. The van der Waals surface area contributed by atoms with E-state index in [4.69, 9.17) is 11.6 Å². The van der Waals surface area contributed by atoms with Gasteiger partial charge in [-0.1, -0.05) is 18.5 Å². The standard InChI is InChI=1S/C12H16ClFN2O/c1-3-8(2)16-12(17)7-15-11-5-4-9(13)6-10(11)14/h4-6,8,15H,3,7H2,1-2H3,(H,16,17). The lowest BCUT2D eigenvalue weighted by Gasteiger charge is -2.12. The highest BCUT2D eigenvalue weighted by Gasteiger charge is 2.07. The SMILES string of the molecule is CCC(C)NC(=O)CNc1ccc(Cl)cc1F. The molecule has 1 atom stereocenters. The van der Waals surface area contributed by atoms with E-state index in [1.54, 1.807) is 6.07 Å². The molecule has 0 saturated heterocycles. The predicted octanol–water partition coefficient (Wildman–Crippen LogP) is 2.81. The summed E-state index contributed by atoms with van der Waals surface area (Å²) in [4.78, 5) is 11.4. The molecule has 0 aliphatic rings. The van der Waals surface area contributed by atoms with Crippen LogP contribution in [-0.2, 0) is 4.79 Å². The monoisotopic (exact) mass is 258 g/mol. The number of carbonyl (C=O) groups excluding carboxylic acids is 1. The molecule has 0 aliphatic heterocycles. The van der Waals surface area contributed by atoms with Crippen LogP contribution in [0.2, 0.25) is 5.02 Å². The fraction of sp³-hybridized carbons (Fsp3) is 0.417. The fourth-order valence-electron chi connectivity index (χ4n) is 1.24. The lowest BCUT2D eigenvalue weighted by atomic mass is 10.2. The van der Waals surface area contributed by atoms with Crippen LogP contribution in [0.5, 0.6) is 0 Å². The van der Waals surface area contributed by atoms with Gasteiger partial charge in [-0.3, -0.25) is 4.79 Å². The summed E-state index contributed by atoms with van der Waals surface area (Å²) in [5, 5.41) is 5.84. The third-order valence-electron chi connectivity index (χ3n) is 2.39. The molecule has 1 aromatic rings. The molecule has 0 saturated carbocycles. The van der Waals surface area contributed by atoms with Gasteiger partial charge in [0.2, 0.25) is 5.91 Å². The van der Waals surface area contributed by atoms with Crippen molar-refractivity contribution in [1.29, 1.82) is 0 Å². The summed E-state index contributed by atoms with van der Waals surface area (Å²) in [5.41, 5.74) is 0.272. The third kappa shape index (κ3) is 4.61. The molecule has 5 heteroatoms. The minimum atomic E-state index is -0.464. The van der Waals surface area contributed by atoms with Gasteiger partial charge in [-0.2, -0.15) is 0 Å². The van der Waals surface area contributed by atoms with Crippen LogP contribution in [0.3, 0.4) is 0 Å². The average Bonchev–Trinajstić information content (AvgIpc) is 2.27. The molecule has 1 rings (SSSR count). The Kier molecular flexibility index (Phi) is 5.22. The van der Waals surface area contributed by atoms with Crippen molar-refractivity contribution in [2.45, 2.75) is 26.3 Å². The topological polar surface area (TPSA) is 41.1 Å². The van der Waals surface area contributed by atoms with Gasteiger partial charge in [-0.15, -0.1) is 0 Å². The van der Waals surface area contributed by atoms with E-state index in [2.05, 4.69) is 10.6 Å². The molecule has 1 amide bonds. The van der Waals surface area contributed by atoms with E-state index in [-0.39, 0.29) is 24.2 Å². The highest BCUT2D eigenvalue weighted by atomic mass is 35.5. The van der Waals surface area contributed by atoms with Crippen LogP contribution in [-0.4, -0.2) is 18.5 Å². The van der Waals surface area contributed by atoms with E-state index in [1.165, 1.54) is 12.1 Å². The molecule has 0 heterocycles. The summed E-state index contributed by atoms with van der Waals surface area (Å²) in [5.74, 6) is -0.623. The third-order valence-corrected chi connectivity index (χ3v) is 2.63. The van der Waals surface area contributed by atoms with Crippen LogP contribution in [0, 0.1) is 5.82 Å². The fourth-order valence-corrected chi connectivity index (χ4v) is 1.40. The number of carbonyl (C=O) groups is 1. The Morgan fingerprint density at radius 1 is 1.53 bits per heavy atom. The van der Waals surface area contributed by atoms with Crippen molar-refractivity contribution >= 4 is 23.2 Å². The largest absolute Gasteiger partial charge is 0.374 e. The van der Waals surface area contributed by atoms with Gasteiger partial charge in [0.25, 0.3) is 0 Å². The van der Waals surface area contributed by atoms with Gasteiger partial charge < -0.3 is 10.6 Å². The summed E-state index contributed by atoms with van der Waals surface area (Å²) in [7, 11) is 0. The van der Waals surface area contributed by atoms with E-state index in [9.17, 15) is 9.18 Å². The van der Waals surface area contributed by atoms with Crippen LogP contribution in [0.1, 0.15) is 20.3 Å². The molecule has 0 spiro atoms. The first-order valence-electron chi connectivity index (χ1n) is 5.51. The highest BCUT2D eigenvalue weighted by molar-refractivity contribution is 6.30. The van der Waals surface area contributed by atoms with E-state index < -0.39 is 5.82 Å². The summed E-state index contributed by atoms with van der Waals surface area (Å²) >= 11 is 5.62. The van der Waals surface area contributed by atoms with Crippen LogP contribution in [0.4, 0.5) is 10.1 Å². The maximum atomic E-state index is 13.4. The van der Waals surface area contributed by atoms with Gasteiger partial charge in [-0.05, 0) is 31.5 Å². The van der Waals surface area contributed by atoms with E-state index in [0.29, 0.717) is 5.02 Å². The summed E-state index contributed by atoms with van der Waals surface area (Å²) in [6, 6.07) is 4.41. The average molecular weight is 259 g/mol. The molecule has 0 aliphatic carbocycles. The van der Waals surface area contributed by atoms with Crippen molar-refractivity contribution in [2.24, 2.45) is 0 Å². The van der Waals surface area contributed by atoms with Gasteiger partial charge in [0.05, 0.1) is 12.2 Å². The van der Waals surface area contributed by atoms with Gasteiger partial charge in [0.1, 0.15) is 5.82 Å². The Morgan fingerprint density at radius 2 is 2.24 bits per heavy atom. The smallest absolute Gasteiger partial charge is 0.239 e. The first-order valence-corrected chi connectivity index (χ1v) is 5.89. The molecule has 0 fully saturated rings. The van der Waals surface area contributed by atoms with Crippen molar-refractivity contribution in [3.63, 3.8) is 0 Å². The quantitative estimate of drug-likeness (QED) is 0.853. The maximum Gasteiger partial charge on any atom is 0.239 e. The van der Waals surface area contributed by atoms with Crippen LogP contribution >= 0.6 is 11.6 Å². The maximum absolute atomic E-state index is 13.4. The normalized spacial score (nSPS) is 12.0. The number of hydrogen-bond donors (Lipinski definition) is 2. The first kappa shape index (κ1) is 13.8. The second-order valence-corrected chi connectivity index (χ2v) is 4.29. The van der Waals surface area contributed by atoms with Gasteiger partial charge in [0.15, 0.2) is 0 Å². The lowest BCUT2D eigenvalue weighted by Crippen LogP contribution is -2.36. The Hall–Kier alpha value is -1.29. The van der Waals surface area contributed by atoms with Crippen LogP contribution in [0.25, 0.3) is 0 Å². The minimum absolute atomic E-state index is 0.0445. The van der Waals surface area contributed by atoms with Crippen LogP contribution in [0.15, 0.2) is 18.2 Å². The lowest BCUT2D eigenvalue weighted by molar-refractivity contribution is -0.120. The van der Waals surface area contributed by atoms with Crippen molar-refractivity contribution in [2.75, 3.05) is 11.9 Å². The summed E-state index contributed by atoms with van der Waals surface area (Å²) < 4.78 is 13.4. The zero-order chi connectivity index (χ0) is 12.8. The summed E-state index contributed by atoms with van der Waals surface area (Å²) in [6.45, 7) is 3.95. The number of nitrogens with one attached hydrogen (secondary N) is 2. The molecule has 94 valence electrons. The Balaban J connectivity index is 2.47. The molecule has 2 N–H and O–H groups in total. The van der Waals surface area contributed by atoms with E-state index >= 15 is 0 Å². The minimum Gasteiger partial charge on any atom is -0.374 e. The number of rotatable bonds is 5. The molecular formula is C12H16ClFN2O. The molecule has 0 aromatic heterocycles. The van der Waals surface area contributed by atoms with E-state index in [0.717, 1.165) is 6.42 Å². The van der Waals surface area contributed by atoms with Crippen molar-refractivity contribution in [1.82, 2.24) is 5.32 Å². The second kappa shape index (κ2) is 6.45. The zero-order valence-electron chi connectivity index (χ0n) is 9.89. The number of halogens is 2.